The molecule has 0 fully saturated rings. The lowest BCUT2D eigenvalue weighted by Gasteiger charge is -2.08. The molecule has 4 nitrogen and oxygen atoms in total. The summed E-state index contributed by atoms with van der Waals surface area (Å²) >= 11 is 1.68. The Labute approximate surface area is 146 Å². The van der Waals surface area contributed by atoms with Gasteiger partial charge in [0.25, 0.3) is 0 Å². The molecule has 0 spiro atoms. The summed E-state index contributed by atoms with van der Waals surface area (Å²) in [6.45, 7) is 4.52. The molecule has 0 saturated carbocycles. The van der Waals surface area contributed by atoms with E-state index in [0.717, 1.165) is 28.0 Å². The predicted octanol–water partition coefficient (Wildman–Crippen LogP) is 4.43. The maximum absolute atomic E-state index is 5.21. The normalized spacial score (nSPS) is 10.5. The molecule has 1 heterocycles. The van der Waals surface area contributed by atoms with Gasteiger partial charge in [0.05, 0.1) is 7.11 Å². The highest BCUT2D eigenvalue weighted by molar-refractivity contribution is 7.98. The number of hydrogen-bond acceptors (Lipinski definition) is 4. The summed E-state index contributed by atoms with van der Waals surface area (Å²) in [6, 6.07) is 18.2. The van der Waals surface area contributed by atoms with Gasteiger partial charge in [-0.3, -0.25) is 4.57 Å². The molecule has 0 unspecified atom stereocenters. The van der Waals surface area contributed by atoms with Crippen molar-refractivity contribution >= 4 is 11.8 Å². The van der Waals surface area contributed by atoms with Gasteiger partial charge in [0.2, 0.25) is 0 Å². The van der Waals surface area contributed by atoms with Crippen LogP contribution in [0.3, 0.4) is 0 Å². The summed E-state index contributed by atoms with van der Waals surface area (Å²) in [5.41, 5.74) is 2.28. The molecular weight excluding hydrogens is 318 g/mol. The van der Waals surface area contributed by atoms with Crippen LogP contribution in [0.4, 0.5) is 0 Å². The van der Waals surface area contributed by atoms with Crippen molar-refractivity contribution in [3.05, 3.63) is 72.8 Å². The summed E-state index contributed by atoms with van der Waals surface area (Å²) in [5.74, 6) is 2.53. The molecule has 0 bridgehead atoms. The monoisotopic (exact) mass is 337 g/mol. The lowest BCUT2D eigenvalue weighted by Crippen LogP contribution is -2.00. The van der Waals surface area contributed by atoms with Crippen LogP contribution in [-0.2, 0) is 12.3 Å². The number of thioether (sulfide) groups is 1. The lowest BCUT2D eigenvalue weighted by molar-refractivity contribution is 0.415. The van der Waals surface area contributed by atoms with Crippen molar-refractivity contribution in [3.8, 4) is 17.1 Å². The number of hydrogen-bond donors (Lipinski definition) is 0. The molecule has 3 rings (SSSR count). The Kier molecular flexibility index (Phi) is 5.33. The molecule has 0 aliphatic rings. The molecule has 24 heavy (non-hydrogen) atoms. The van der Waals surface area contributed by atoms with Crippen LogP contribution < -0.4 is 4.74 Å². The number of nitrogens with zero attached hydrogens (tertiary/aromatic N) is 3. The van der Waals surface area contributed by atoms with E-state index in [-0.39, 0.29) is 0 Å². The zero-order chi connectivity index (χ0) is 16.8. The molecule has 0 amide bonds. The van der Waals surface area contributed by atoms with Gasteiger partial charge in [0, 0.05) is 17.9 Å². The van der Waals surface area contributed by atoms with E-state index in [1.165, 1.54) is 5.56 Å². The van der Waals surface area contributed by atoms with Gasteiger partial charge in [0.15, 0.2) is 11.0 Å². The summed E-state index contributed by atoms with van der Waals surface area (Å²) in [6.07, 6.45) is 1.86. The minimum atomic E-state index is 0.672. The van der Waals surface area contributed by atoms with E-state index in [0.29, 0.717) is 6.54 Å². The van der Waals surface area contributed by atoms with Gasteiger partial charge in [-0.1, -0.05) is 48.2 Å². The molecule has 0 radical (unpaired) electrons. The van der Waals surface area contributed by atoms with Crippen LogP contribution in [0.5, 0.6) is 5.75 Å². The van der Waals surface area contributed by atoms with Crippen LogP contribution in [-0.4, -0.2) is 21.9 Å². The second-order valence-electron chi connectivity index (χ2n) is 5.21. The van der Waals surface area contributed by atoms with Gasteiger partial charge in [-0.25, -0.2) is 0 Å². The van der Waals surface area contributed by atoms with E-state index >= 15 is 0 Å². The molecule has 0 atom stereocenters. The minimum absolute atomic E-state index is 0.672. The number of ether oxygens (including phenoxy) is 1. The fourth-order valence-electron chi connectivity index (χ4n) is 2.36. The zero-order valence-corrected chi connectivity index (χ0v) is 14.4. The second kappa shape index (κ2) is 7.84. The van der Waals surface area contributed by atoms with E-state index in [2.05, 4.69) is 33.5 Å². The van der Waals surface area contributed by atoms with Crippen LogP contribution >= 0.6 is 11.8 Å². The van der Waals surface area contributed by atoms with Crippen molar-refractivity contribution in [3.63, 3.8) is 0 Å². The average molecular weight is 337 g/mol. The number of benzene rings is 2. The van der Waals surface area contributed by atoms with Crippen LogP contribution in [0.15, 0.2) is 72.4 Å². The van der Waals surface area contributed by atoms with E-state index in [1.54, 1.807) is 18.9 Å². The summed E-state index contributed by atoms with van der Waals surface area (Å²) in [7, 11) is 1.66. The molecule has 2 aromatic carbocycles. The standard InChI is InChI=1S/C19H19N3OS/c1-3-13-22-18(16-9-11-17(23-2)12-10-16)20-21-19(22)24-14-15-7-5-4-6-8-15/h3-12H,1,13-14H2,2H3. The lowest BCUT2D eigenvalue weighted by atomic mass is 10.2. The van der Waals surface area contributed by atoms with Crippen molar-refractivity contribution in [1.82, 2.24) is 14.8 Å². The van der Waals surface area contributed by atoms with Gasteiger partial charge in [-0.2, -0.15) is 0 Å². The van der Waals surface area contributed by atoms with Crippen LogP contribution in [0.1, 0.15) is 5.56 Å². The largest absolute Gasteiger partial charge is 0.497 e. The fourth-order valence-corrected chi connectivity index (χ4v) is 3.27. The van der Waals surface area contributed by atoms with E-state index in [4.69, 9.17) is 4.74 Å². The Morgan fingerprint density at radius 1 is 1.08 bits per heavy atom. The number of methoxy groups -OCH3 is 1. The Hall–Kier alpha value is -2.53. The quantitative estimate of drug-likeness (QED) is 0.472. The zero-order valence-electron chi connectivity index (χ0n) is 13.6. The van der Waals surface area contributed by atoms with Gasteiger partial charge >= 0.3 is 0 Å². The molecule has 3 aromatic rings. The van der Waals surface area contributed by atoms with Crippen LogP contribution in [0, 0.1) is 0 Å². The minimum Gasteiger partial charge on any atom is -0.497 e. The molecule has 0 aliphatic carbocycles. The number of rotatable bonds is 7. The second-order valence-corrected chi connectivity index (χ2v) is 6.15. The summed E-state index contributed by atoms with van der Waals surface area (Å²) in [5, 5.41) is 9.64. The van der Waals surface area contributed by atoms with Crippen molar-refractivity contribution < 1.29 is 4.74 Å². The first kappa shape index (κ1) is 16.3. The van der Waals surface area contributed by atoms with Crippen molar-refractivity contribution in [2.24, 2.45) is 0 Å². The molecule has 1 aromatic heterocycles. The van der Waals surface area contributed by atoms with Crippen LogP contribution in [0.2, 0.25) is 0 Å². The Morgan fingerprint density at radius 3 is 2.50 bits per heavy atom. The highest BCUT2D eigenvalue weighted by atomic mass is 32.2. The van der Waals surface area contributed by atoms with Crippen LogP contribution in [0.25, 0.3) is 11.4 Å². The van der Waals surface area contributed by atoms with Gasteiger partial charge < -0.3 is 4.74 Å². The SMILES string of the molecule is C=CCn1c(SCc2ccccc2)nnc1-c1ccc(OC)cc1. The third-order valence-corrected chi connectivity index (χ3v) is 4.63. The van der Waals surface area contributed by atoms with Gasteiger partial charge in [0.1, 0.15) is 5.75 Å². The van der Waals surface area contributed by atoms with Crippen molar-refractivity contribution in [2.75, 3.05) is 7.11 Å². The van der Waals surface area contributed by atoms with Gasteiger partial charge in [-0.15, -0.1) is 16.8 Å². The molecule has 5 heteroatoms. The molecule has 122 valence electrons. The third kappa shape index (κ3) is 3.68. The Balaban J connectivity index is 1.85. The highest BCUT2D eigenvalue weighted by Gasteiger charge is 2.13. The van der Waals surface area contributed by atoms with Crippen molar-refractivity contribution in [1.29, 1.82) is 0 Å². The molecule has 0 aliphatic heterocycles. The first-order chi connectivity index (χ1) is 11.8. The first-order valence-corrected chi connectivity index (χ1v) is 8.65. The van der Waals surface area contributed by atoms with E-state index < -0.39 is 0 Å². The van der Waals surface area contributed by atoms with Crippen molar-refractivity contribution in [2.45, 2.75) is 17.5 Å². The topological polar surface area (TPSA) is 39.9 Å². The molecule has 0 saturated heterocycles. The van der Waals surface area contributed by atoms with E-state index in [9.17, 15) is 0 Å². The Bertz CT molecular complexity index is 797. The predicted molar refractivity (Wildman–Crippen MR) is 98.2 cm³/mol. The smallest absolute Gasteiger partial charge is 0.192 e. The Morgan fingerprint density at radius 2 is 1.83 bits per heavy atom. The third-order valence-electron chi connectivity index (χ3n) is 3.59. The highest BCUT2D eigenvalue weighted by Crippen LogP contribution is 2.27. The fraction of sp³-hybridized carbons (Fsp3) is 0.158. The van der Waals surface area contributed by atoms with Gasteiger partial charge in [-0.05, 0) is 29.8 Å². The summed E-state index contributed by atoms with van der Waals surface area (Å²) < 4.78 is 7.30. The molecular formula is C19H19N3OS. The first-order valence-electron chi connectivity index (χ1n) is 7.67. The maximum atomic E-state index is 5.21. The number of aromatic nitrogens is 3. The maximum Gasteiger partial charge on any atom is 0.192 e. The summed E-state index contributed by atoms with van der Waals surface area (Å²) in [4.78, 5) is 0. The average Bonchev–Trinajstić information content (AvgIpc) is 3.04. The molecule has 0 N–H and O–H groups in total. The van der Waals surface area contributed by atoms with E-state index in [1.807, 2.05) is 48.5 Å². The number of allylic oxidation sites excluding steroid dienone is 1.